The maximum absolute atomic E-state index is 12.7. The predicted molar refractivity (Wildman–Crippen MR) is 84.8 cm³/mol. The van der Waals surface area contributed by atoms with Crippen molar-refractivity contribution in [1.29, 1.82) is 0 Å². The Kier molecular flexibility index (Phi) is 3.92. The first-order valence-corrected chi connectivity index (χ1v) is 7.89. The van der Waals surface area contributed by atoms with E-state index in [1.54, 1.807) is 12.4 Å². The molecule has 0 saturated heterocycles. The molecule has 0 aliphatic carbocycles. The Morgan fingerprint density at radius 1 is 1.29 bits per heavy atom. The molecule has 4 nitrogen and oxygen atoms in total. The third kappa shape index (κ3) is 2.93. The number of hydrogen-bond donors (Lipinski definition) is 0. The lowest BCUT2D eigenvalue weighted by Gasteiger charge is -2.21. The first-order valence-electron chi connectivity index (χ1n) is 7.01. The highest BCUT2D eigenvalue weighted by Gasteiger charge is 2.25. The minimum absolute atomic E-state index is 0.0790. The summed E-state index contributed by atoms with van der Waals surface area (Å²) < 4.78 is 0. The molecule has 108 valence electrons. The molecule has 0 spiro atoms. The summed E-state index contributed by atoms with van der Waals surface area (Å²) in [7, 11) is 0. The number of thioether (sulfide) groups is 1. The molecule has 1 atom stereocenters. The van der Waals surface area contributed by atoms with Gasteiger partial charge in [-0.25, -0.2) is 4.98 Å². The average Bonchev–Trinajstić information content (AvgIpc) is 2.65. The topological polar surface area (TPSA) is 46.1 Å². The van der Waals surface area contributed by atoms with Gasteiger partial charge in [0.15, 0.2) is 0 Å². The van der Waals surface area contributed by atoms with Gasteiger partial charge in [0.25, 0.3) is 5.91 Å². The van der Waals surface area contributed by atoms with Gasteiger partial charge < -0.3 is 4.90 Å². The van der Waals surface area contributed by atoms with Gasteiger partial charge in [-0.15, -0.1) is 11.8 Å². The summed E-state index contributed by atoms with van der Waals surface area (Å²) in [6, 6.07) is 8.05. The number of nitrogens with zero attached hydrogens (tertiary/aromatic N) is 3. The summed E-state index contributed by atoms with van der Waals surface area (Å²) >= 11 is 1.82. The van der Waals surface area contributed by atoms with Gasteiger partial charge in [-0.1, -0.05) is 19.1 Å². The molecule has 0 fully saturated rings. The van der Waals surface area contributed by atoms with Crippen LogP contribution in [0.1, 0.15) is 29.5 Å². The number of para-hydroxylation sites is 1. The van der Waals surface area contributed by atoms with Crippen molar-refractivity contribution >= 4 is 23.4 Å². The molecule has 0 N–H and O–H groups in total. The lowest BCUT2D eigenvalue weighted by molar-refractivity contribution is 0.0981. The van der Waals surface area contributed by atoms with Crippen LogP contribution in [-0.2, 0) is 0 Å². The fraction of sp³-hybridized carbons (Fsp3) is 0.312. The predicted octanol–water partition coefficient (Wildman–Crippen LogP) is 3.32. The van der Waals surface area contributed by atoms with E-state index >= 15 is 0 Å². The number of hydrogen-bond acceptors (Lipinski definition) is 4. The number of carbonyl (C=O) groups is 1. The lowest BCUT2D eigenvalue weighted by atomic mass is 10.2. The van der Waals surface area contributed by atoms with Crippen LogP contribution >= 0.6 is 11.8 Å². The highest BCUT2D eigenvalue weighted by atomic mass is 32.2. The fourth-order valence-corrected chi connectivity index (χ4v) is 3.45. The normalized spacial score (nSPS) is 18.0. The van der Waals surface area contributed by atoms with E-state index in [-0.39, 0.29) is 5.91 Å². The molecule has 0 saturated carbocycles. The van der Waals surface area contributed by atoms with E-state index in [1.165, 1.54) is 0 Å². The first kappa shape index (κ1) is 14.1. The smallest absolute Gasteiger partial charge is 0.278 e. The Morgan fingerprint density at radius 2 is 2.10 bits per heavy atom. The minimum atomic E-state index is -0.0790. The molecular formula is C16H17N3OS. The number of aromatic nitrogens is 2. The Balaban J connectivity index is 1.97. The third-order valence-corrected chi connectivity index (χ3v) is 4.73. The molecule has 3 rings (SSSR count). The van der Waals surface area contributed by atoms with Crippen molar-refractivity contribution in [2.75, 3.05) is 11.4 Å². The fourth-order valence-electron chi connectivity index (χ4n) is 2.34. The third-order valence-electron chi connectivity index (χ3n) is 3.49. The molecule has 1 aromatic heterocycles. The quantitative estimate of drug-likeness (QED) is 0.810. The SMILES string of the molecule is Cc1cnc(C(=O)N2CCC(C)Sc3ccccc32)cn1. The summed E-state index contributed by atoms with van der Waals surface area (Å²) in [5.41, 5.74) is 2.18. The van der Waals surface area contributed by atoms with Crippen LogP contribution in [0.3, 0.4) is 0 Å². The molecule has 1 unspecified atom stereocenters. The number of amides is 1. The zero-order chi connectivity index (χ0) is 14.8. The molecule has 2 heterocycles. The number of anilines is 1. The standard InChI is InChI=1S/C16H17N3OS/c1-11-9-18-13(10-17-11)16(20)19-8-7-12(2)21-15-6-4-3-5-14(15)19/h3-6,9-10,12H,7-8H2,1-2H3. The highest BCUT2D eigenvalue weighted by Crippen LogP contribution is 2.37. The summed E-state index contributed by atoms with van der Waals surface area (Å²) in [5.74, 6) is -0.0790. The molecule has 21 heavy (non-hydrogen) atoms. The molecule has 1 amide bonds. The highest BCUT2D eigenvalue weighted by molar-refractivity contribution is 8.00. The largest absolute Gasteiger partial charge is 0.306 e. The molecule has 1 aromatic carbocycles. The molecule has 2 aromatic rings. The van der Waals surface area contributed by atoms with Crippen molar-refractivity contribution in [3.8, 4) is 0 Å². The van der Waals surface area contributed by atoms with Crippen LogP contribution in [0.5, 0.6) is 0 Å². The van der Waals surface area contributed by atoms with Gasteiger partial charge in [-0.2, -0.15) is 0 Å². The maximum atomic E-state index is 12.7. The summed E-state index contributed by atoms with van der Waals surface area (Å²) in [5, 5.41) is 0.494. The Hall–Kier alpha value is -1.88. The van der Waals surface area contributed by atoms with Crippen molar-refractivity contribution in [3.63, 3.8) is 0 Å². The van der Waals surface area contributed by atoms with Gasteiger partial charge in [-0.05, 0) is 25.5 Å². The van der Waals surface area contributed by atoms with Gasteiger partial charge >= 0.3 is 0 Å². The molecule has 0 bridgehead atoms. The zero-order valence-electron chi connectivity index (χ0n) is 12.1. The monoisotopic (exact) mass is 299 g/mol. The van der Waals surface area contributed by atoms with Crippen LogP contribution in [-0.4, -0.2) is 27.7 Å². The molecular weight excluding hydrogens is 282 g/mol. The second kappa shape index (κ2) is 5.85. The van der Waals surface area contributed by atoms with Crippen molar-refractivity contribution in [1.82, 2.24) is 9.97 Å². The zero-order valence-corrected chi connectivity index (χ0v) is 12.9. The van der Waals surface area contributed by atoms with E-state index in [0.717, 1.165) is 22.7 Å². The van der Waals surface area contributed by atoms with E-state index in [2.05, 4.69) is 23.0 Å². The van der Waals surface area contributed by atoms with Crippen LogP contribution in [0.4, 0.5) is 5.69 Å². The van der Waals surface area contributed by atoms with E-state index < -0.39 is 0 Å². The number of rotatable bonds is 1. The first-order chi connectivity index (χ1) is 10.1. The van der Waals surface area contributed by atoms with Crippen molar-refractivity contribution in [3.05, 3.63) is 48.0 Å². The summed E-state index contributed by atoms with van der Waals surface area (Å²) in [6.07, 6.45) is 4.15. The summed E-state index contributed by atoms with van der Waals surface area (Å²) in [4.78, 5) is 24.1. The van der Waals surface area contributed by atoms with Crippen LogP contribution in [0.15, 0.2) is 41.6 Å². The van der Waals surface area contributed by atoms with E-state index in [0.29, 0.717) is 17.5 Å². The molecule has 1 aliphatic heterocycles. The molecule has 0 radical (unpaired) electrons. The average molecular weight is 299 g/mol. The van der Waals surface area contributed by atoms with Crippen LogP contribution in [0.2, 0.25) is 0 Å². The van der Waals surface area contributed by atoms with Crippen molar-refractivity contribution < 1.29 is 4.79 Å². The Bertz CT molecular complexity index is 657. The van der Waals surface area contributed by atoms with Gasteiger partial charge in [0.05, 0.1) is 17.6 Å². The lowest BCUT2D eigenvalue weighted by Crippen LogP contribution is -2.33. The Labute approximate surface area is 128 Å². The maximum Gasteiger partial charge on any atom is 0.278 e. The van der Waals surface area contributed by atoms with E-state index in [1.807, 2.05) is 41.8 Å². The van der Waals surface area contributed by atoms with Crippen LogP contribution in [0, 0.1) is 6.92 Å². The second-order valence-corrected chi connectivity index (χ2v) is 6.66. The van der Waals surface area contributed by atoms with Gasteiger partial charge in [0, 0.05) is 22.9 Å². The van der Waals surface area contributed by atoms with Gasteiger partial charge in [0.1, 0.15) is 5.69 Å². The minimum Gasteiger partial charge on any atom is -0.306 e. The van der Waals surface area contributed by atoms with Crippen molar-refractivity contribution in [2.24, 2.45) is 0 Å². The number of fused-ring (bicyclic) bond motifs is 1. The van der Waals surface area contributed by atoms with Crippen molar-refractivity contribution in [2.45, 2.75) is 30.4 Å². The van der Waals surface area contributed by atoms with E-state index in [9.17, 15) is 4.79 Å². The molecule has 5 heteroatoms. The summed E-state index contributed by atoms with van der Waals surface area (Å²) in [6.45, 7) is 4.77. The van der Waals surface area contributed by atoms with Crippen LogP contribution in [0.25, 0.3) is 0 Å². The van der Waals surface area contributed by atoms with E-state index in [4.69, 9.17) is 0 Å². The number of aryl methyl sites for hydroxylation is 1. The van der Waals surface area contributed by atoms with Gasteiger partial charge in [0.2, 0.25) is 0 Å². The van der Waals surface area contributed by atoms with Gasteiger partial charge in [-0.3, -0.25) is 9.78 Å². The second-order valence-electron chi connectivity index (χ2n) is 5.18. The Morgan fingerprint density at radius 3 is 2.86 bits per heavy atom. The van der Waals surface area contributed by atoms with Crippen LogP contribution < -0.4 is 4.90 Å². The molecule has 1 aliphatic rings. The number of carbonyl (C=O) groups excluding carboxylic acids is 1. The number of benzene rings is 1.